The molecule has 0 saturated carbocycles. The summed E-state index contributed by atoms with van der Waals surface area (Å²) in [4.78, 5) is 10.7. The fourth-order valence-electron chi connectivity index (χ4n) is 0.996. The highest BCUT2D eigenvalue weighted by Gasteiger charge is 2.07. The molecule has 1 aromatic carbocycles. The molecule has 0 radical (unpaired) electrons. The van der Waals surface area contributed by atoms with Crippen LogP contribution in [0.2, 0.25) is 5.02 Å². The first-order valence-corrected chi connectivity index (χ1v) is 4.16. The van der Waals surface area contributed by atoms with E-state index in [4.69, 9.17) is 11.6 Å². The number of anilines is 1. The van der Waals surface area contributed by atoms with Gasteiger partial charge in [0.2, 0.25) is 5.91 Å². The van der Waals surface area contributed by atoms with Crippen LogP contribution in [0.3, 0.4) is 0 Å². The molecule has 0 fully saturated rings. The zero-order chi connectivity index (χ0) is 10.0. The molecule has 0 saturated heterocycles. The first-order chi connectivity index (χ1) is 6.02. The molecule has 1 rings (SSSR count). The van der Waals surface area contributed by atoms with Crippen LogP contribution >= 0.6 is 11.6 Å². The summed E-state index contributed by atoms with van der Waals surface area (Å²) in [6.07, 6.45) is 0. The molecule has 0 unspecified atom stereocenters. The molecular formula is C9H10ClNO2. The summed E-state index contributed by atoms with van der Waals surface area (Å²) in [5, 5.41) is 12.1. The largest absolute Gasteiger partial charge is 0.506 e. The van der Waals surface area contributed by atoms with E-state index in [0.717, 1.165) is 0 Å². The summed E-state index contributed by atoms with van der Waals surface area (Å²) in [6.45, 7) is 3.15. The molecule has 0 spiro atoms. The van der Waals surface area contributed by atoms with Gasteiger partial charge in [0.15, 0.2) is 0 Å². The molecule has 0 atom stereocenters. The van der Waals surface area contributed by atoms with Crippen molar-refractivity contribution in [2.45, 2.75) is 13.8 Å². The smallest absolute Gasteiger partial charge is 0.221 e. The second-order valence-electron chi connectivity index (χ2n) is 2.75. The fraction of sp³-hybridized carbons (Fsp3) is 0.222. The molecule has 0 aromatic heterocycles. The number of carbonyl (C=O) groups excluding carboxylic acids is 1. The van der Waals surface area contributed by atoms with Crippen LogP contribution in [0.5, 0.6) is 5.75 Å². The number of hydrogen-bond acceptors (Lipinski definition) is 2. The Morgan fingerprint density at radius 2 is 2.15 bits per heavy atom. The molecule has 2 N–H and O–H groups in total. The van der Waals surface area contributed by atoms with Crippen molar-refractivity contribution in [1.29, 1.82) is 0 Å². The van der Waals surface area contributed by atoms with E-state index in [-0.39, 0.29) is 16.7 Å². The molecule has 70 valence electrons. The van der Waals surface area contributed by atoms with Crippen molar-refractivity contribution in [3.63, 3.8) is 0 Å². The predicted molar refractivity (Wildman–Crippen MR) is 52.2 cm³/mol. The number of hydrogen-bond donors (Lipinski definition) is 2. The van der Waals surface area contributed by atoms with Crippen LogP contribution in [0.25, 0.3) is 0 Å². The van der Waals surface area contributed by atoms with Gasteiger partial charge in [-0.3, -0.25) is 4.79 Å². The number of amides is 1. The summed E-state index contributed by atoms with van der Waals surface area (Å²) in [5.41, 5.74) is 1.28. The number of phenols is 1. The van der Waals surface area contributed by atoms with Crippen LogP contribution in [0.4, 0.5) is 5.69 Å². The van der Waals surface area contributed by atoms with E-state index < -0.39 is 0 Å². The average Bonchev–Trinajstić information content (AvgIpc) is 2.06. The third-order valence-corrected chi connectivity index (χ3v) is 2.15. The lowest BCUT2D eigenvalue weighted by atomic mass is 10.2. The summed E-state index contributed by atoms with van der Waals surface area (Å²) in [7, 11) is 0. The van der Waals surface area contributed by atoms with E-state index in [0.29, 0.717) is 11.3 Å². The molecule has 0 bridgehead atoms. The highest BCUT2D eigenvalue weighted by Crippen LogP contribution is 2.31. The van der Waals surface area contributed by atoms with Gasteiger partial charge in [0, 0.05) is 12.6 Å². The molecule has 1 amide bonds. The number of benzene rings is 1. The maximum absolute atomic E-state index is 10.7. The van der Waals surface area contributed by atoms with Crippen molar-refractivity contribution in [1.82, 2.24) is 0 Å². The maximum Gasteiger partial charge on any atom is 0.221 e. The van der Waals surface area contributed by atoms with Gasteiger partial charge in [-0.15, -0.1) is 0 Å². The van der Waals surface area contributed by atoms with Gasteiger partial charge in [0.05, 0.1) is 5.02 Å². The summed E-state index contributed by atoms with van der Waals surface area (Å²) >= 11 is 5.76. The second-order valence-corrected chi connectivity index (χ2v) is 3.13. The Labute approximate surface area is 81.3 Å². The third kappa shape index (κ3) is 2.12. The van der Waals surface area contributed by atoms with Crippen molar-refractivity contribution in [2.24, 2.45) is 0 Å². The highest BCUT2D eigenvalue weighted by molar-refractivity contribution is 6.33. The molecule has 0 aliphatic heterocycles. The molecule has 13 heavy (non-hydrogen) atoms. The van der Waals surface area contributed by atoms with Crippen molar-refractivity contribution < 1.29 is 9.90 Å². The number of aromatic hydroxyl groups is 1. The van der Waals surface area contributed by atoms with Crippen molar-refractivity contribution >= 4 is 23.2 Å². The zero-order valence-electron chi connectivity index (χ0n) is 7.39. The van der Waals surface area contributed by atoms with Gasteiger partial charge in [-0.05, 0) is 24.6 Å². The summed E-state index contributed by atoms with van der Waals surface area (Å²) in [5.74, 6) is -0.141. The van der Waals surface area contributed by atoms with Crippen LogP contribution in [0.1, 0.15) is 12.5 Å². The fourth-order valence-corrected chi connectivity index (χ4v) is 1.16. The average molecular weight is 200 g/mol. The number of halogens is 1. The quantitative estimate of drug-likeness (QED) is 0.682. The van der Waals surface area contributed by atoms with E-state index in [9.17, 15) is 9.90 Å². The molecule has 0 heterocycles. The van der Waals surface area contributed by atoms with Gasteiger partial charge in [-0.1, -0.05) is 11.6 Å². The first kappa shape index (κ1) is 9.86. The van der Waals surface area contributed by atoms with Crippen LogP contribution in [0.15, 0.2) is 12.1 Å². The summed E-state index contributed by atoms with van der Waals surface area (Å²) in [6, 6.07) is 3.05. The van der Waals surface area contributed by atoms with Crippen LogP contribution in [-0.4, -0.2) is 11.0 Å². The number of nitrogens with one attached hydrogen (secondary N) is 1. The Morgan fingerprint density at radius 3 is 2.69 bits per heavy atom. The van der Waals surface area contributed by atoms with E-state index in [1.807, 2.05) is 0 Å². The topological polar surface area (TPSA) is 49.3 Å². The predicted octanol–water partition coefficient (Wildman–Crippen LogP) is 2.31. The summed E-state index contributed by atoms with van der Waals surface area (Å²) < 4.78 is 0. The minimum atomic E-state index is -0.162. The van der Waals surface area contributed by atoms with E-state index >= 15 is 0 Å². The lowest BCUT2D eigenvalue weighted by Gasteiger charge is -2.08. The van der Waals surface area contributed by atoms with Crippen LogP contribution in [0, 0.1) is 6.92 Å². The SMILES string of the molecule is CC(=O)Nc1ccc(O)c(Cl)c1C. The molecule has 0 aliphatic rings. The van der Waals surface area contributed by atoms with E-state index in [2.05, 4.69) is 5.32 Å². The van der Waals surface area contributed by atoms with Gasteiger partial charge in [0.1, 0.15) is 5.75 Å². The monoisotopic (exact) mass is 199 g/mol. The van der Waals surface area contributed by atoms with Crippen molar-refractivity contribution in [3.05, 3.63) is 22.7 Å². The van der Waals surface area contributed by atoms with Crippen LogP contribution < -0.4 is 5.32 Å². The van der Waals surface area contributed by atoms with E-state index in [1.54, 1.807) is 13.0 Å². The Bertz CT molecular complexity index is 350. The van der Waals surface area contributed by atoms with Crippen molar-refractivity contribution in [2.75, 3.05) is 5.32 Å². The molecule has 0 aliphatic carbocycles. The van der Waals surface area contributed by atoms with Gasteiger partial charge in [0.25, 0.3) is 0 Å². The lowest BCUT2D eigenvalue weighted by Crippen LogP contribution is -2.07. The highest BCUT2D eigenvalue weighted by atomic mass is 35.5. The molecular weight excluding hydrogens is 190 g/mol. The van der Waals surface area contributed by atoms with Gasteiger partial charge in [-0.25, -0.2) is 0 Å². The second kappa shape index (κ2) is 3.66. The Balaban J connectivity index is 3.10. The number of carbonyl (C=O) groups is 1. The van der Waals surface area contributed by atoms with Gasteiger partial charge in [-0.2, -0.15) is 0 Å². The maximum atomic E-state index is 10.7. The van der Waals surface area contributed by atoms with Gasteiger partial charge < -0.3 is 10.4 Å². The number of rotatable bonds is 1. The normalized spacial score (nSPS) is 9.77. The Kier molecular flexibility index (Phi) is 2.78. The molecule has 3 nitrogen and oxygen atoms in total. The lowest BCUT2D eigenvalue weighted by molar-refractivity contribution is -0.114. The first-order valence-electron chi connectivity index (χ1n) is 3.78. The third-order valence-electron chi connectivity index (χ3n) is 1.68. The molecule has 4 heteroatoms. The molecule has 1 aromatic rings. The van der Waals surface area contributed by atoms with Gasteiger partial charge >= 0.3 is 0 Å². The van der Waals surface area contributed by atoms with E-state index in [1.165, 1.54) is 13.0 Å². The minimum Gasteiger partial charge on any atom is -0.506 e. The minimum absolute atomic E-state index is 0.0215. The Morgan fingerprint density at radius 1 is 1.54 bits per heavy atom. The number of phenolic OH excluding ortho intramolecular Hbond substituents is 1. The standard InChI is InChI=1S/C9H10ClNO2/c1-5-7(11-6(2)12)3-4-8(13)9(5)10/h3-4,13H,1-2H3,(H,11,12). The van der Waals surface area contributed by atoms with Crippen molar-refractivity contribution in [3.8, 4) is 5.75 Å². The van der Waals surface area contributed by atoms with Crippen LogP contribution in [-0.2, 0) is 4.79 Å². The Hall–Kier alpha value is -1.22. The zero-order valence-corrected chi connectivity index (χ0v) is 8.14.